The average molecular weight is 122 g/mol. The van der Waals surface area contributed by atoms with Crippen molar-refractivity contribution in [1.82, 2.24) is 0 Å². The third kappa shape index (κ3) is 2.23. The molecule has 0 aromatic rings. The maximum absolute atomic E-state index is 9.78. The predicted octanol–water partition coefficient (Wildman–Crippen LogP) is -0.148. The summed E-state index contributed by atoms with van der Waals surface area (Å²) < 4.78 is 3.93. The zero-order chi connectivity index (χ0) is 4.99. The normalized spacial score (nSPS) is 7.67. The van der Waals surface area contributed by atoms with Crippen LogP contribution in [0.5, 0.6) is 0 Å². The highest BCUT2D eigenvalue weighted by atomic mass is 35.5. The summed E-state index contributed by atoms with van der Waals surface area (Å²) in [5.41, 5.74) is 0. The van der Waals surface area contributed by atoms with Gasteiger partial charge in [0.1, 0.15) is 5.88 Å². The van der Waals surface area contributed by atoms with Crippen molar-refractivity contribution in [3.8, 4) is 0 Å². The summed E-state index contributed by atoms with van der Waals surface area (Å²) in [5.74, 6) is -0.586. The summed E-state index contributed by atoms with van der Waals surface area (Å²) in [4.78, 5) is 9.78. The molecular formula is C2H2ClO2Si. The first-order valence-corrected chi connectivity index (χ1v) is 2.18. The Kier molecular flexibility index (Phi) is 3.17. The molecule has 0 rings (SSSR count). The van der Waals surface area contributed by atoms with Crippen LogP contribution in [0.2, 0.25) is 0 Å². The van der Waals surface area contributed by atoms with Gasteiger partial charge >= 0.3 is 16.5 Å². The van der Waals surface area contributed by atoms with Gasteiger partial charge in [0.2, 0.25) is 0 Å². The predicted molar refractivity (Wildman–Crippen MR) is 22.6 cm³/mol. The van der Waals surface area contributed by atoms with Crippen LogP contribution < -0.4 is 0 Å². The monoisotopic (exact) mass is 121 g/mol. The molecule has 33 valence electrons. The molecule has 0 aromatic heterocycles. The van der Waals surface area contributed by atoms with Crippen molar-refractivity contribution in [3.05, 3.63) is 0 Å². The second-order valence-electron chi connectivity index (χ2n) is 0.608. The van der Waals surface area contributed by atoms with E-state index in [2.05, 4.69) is 14.9 Å². The fourth-order valence-corrected chi connectivity index (χ4v) is 0.245. The molecule has 0 aromatic carbocycles. The van der Waals surface area contributed by atoms with E-state index in [1.54, 1.807) is 0 Å². The highest BCUT2D eigenvalue weighted by Crippen LogP contribution is 1.74. The molecule has 6 heavy (non-hydrogen) atoms. The topological polar surface area (TPSA) is 26.3 Å². The summed E-state index contributed by atoms with van der Waals surface area (Å²) in [7, 11) is 2.48. The van der Waals surface area contributed by atoms with E-state index >= 15 is 0 Å². The standard InChI is InChI=1S/C2H2ClO2Si/c3-1-2(4)5-6/h1H2. The summed E-state index contributed by atoms with van der Waals surface area (Å²) in [6.45, 7) is 0. The third-order valence-corrected chi connectivity index (χ3v) is 0.669. The highest BCUT2D eigenvalue weighted by Gasteiger charge is 1.89. The molecule has 3 radical (unpaired) electrons. The lowest BCUT2D eigenvalue weighted by Crippen LogP contribution is -2.00. The van der Waals surface area contributed by atoms with Gasteiger partial charge in [-0.2, -0.15) is 0 Å². The number of carbonyl (C=O) groups is 1. The summed E-state index contributed by atoms with van der Waals surface area (Å²) in [6, 6.07) is 0. The Morgan fingerprint density at radius 1 is 2.00 bits per heavy atom. The second kappa shape index (κ2) is 3.18. The molecule has 0 fully saturated rings. The molecule has 0 amide bonds. The van der Waals surface area contributed by atoms with Crippen LogP contribution in [0, 0.1) is 0 Å². The molecular weight excluding hydrogens is 120 g/mol. The van der Waals surface area contributed by atoms with Gasteiger partial charge in [-0.25, -0.2) is 0 Å². The maximum Gasteiger partial charge on any atom is 0.345 e. The van der Waals surface area contributed by atoms with E-state index in [-0.39, 0.29) is 5.88 Å². The number of halogens is 1. The van der Waals surface area contributed by atoms with Crippen molar-refractivity contribution in [1.29, 1.82) is 0 Å². The molecule has 0 aliphatic carbocycles. The van der Waals surface area contributed by atoms with Gasteiger partial charge in [-0.1, -0.05) is 0 Å². The molecule has 0 unspecified atom stereocenters. The molecule has 0 atom stereocenters. The van der Waals surface area contributed by atoms with Crippen LogP contribution in [0.15, 0.2) is 0 Å². The first-order chi connectivity index (χ1) is 2.81. The fourth-order valence-electron chi connectivity index (χ4n) is 0.0273. The zero-order valence-electron chi connectivity index (χ0n) is 2.90. The van der Waals surface area contributed by atoms with Gasteiger partial charge in [0.25, 0.3) is 0 Å². The maximum atomic E-state index is 9.78. The summed E-state index contributed by atoms with van der Waals surface area (Å²) in [5, 5.41) is 0. The van der Waals surface area contributed by atoms with Crippen LogP contribution in [-0.4, -0.2) is 22.3 Å². The van der Waals surface area contributed by atoms with Gasteiger partial charge in [0.15, 0.2) is 0 Å². The van der Waals surface area contributed by atoms with Gasteiger partial charge < -0.3 is 4.43 Å². The van der Waals surface area contributed by atoms with Gasteiger partial charge in [0.05, 0.1) is 0 Å². The van der Waals surface area contributed by atoms with Crippen LogP contribution in [0.25, 0.3) is 0 Å². The fraction of sp³-hybridized carbons (Fsp3) is 0.500. The Hall–Kier alpha value is -0.0231. The van der Waals surface area contributed by atoms with E-state index in [9.17, 15) is 4.79 Å². The molecule has 4 heteroatoms. The minimum absolute atomic E-state index is 0.108. The number of carbonyl (C=O) groups excluding carboxylic acids is 1. The second-order valence-corrected chi connectivity index (χ2v) is 1.08. The van der Waals surface area contributed by atoms with Crippen LogP contribution in [0.3, 0.4) is 0 Å². The van der Waals surface area contributed by atoms with Gasteiger partial charge in [-0.3, -0.25) is 4.79 Å². The quantitative estimate of drug-likeness (QED) is 0.356. The van der Waals surface area contributed by atoms with Crippen LogP contribution >= 0.6 is 11.6 Å². The molecule has 0 saturated carbocycles. The Balaban J connectivity index is 2.99. The van der Waals surface area contributed by atoms with E-state index in [1.807, 2.05) is 0 Å². The van der Waals surface area contributed by atoms with Crippen LogP contribution in [0.4, 0.5) is 0 Å². The Morgan fingerprint density at radius 3 is 2.50 bits per heavy atom. The highest BCUT2D eigenvalue weighted by molar-refractivity contribution is 6.27. The molecule has 0 spiro atoms. The van der Waals surface area contributed by atoms with Crippen molar-refractivity contribution < 1.29 is 9.22 Å². The third-order valence-electron chi connectivity index (χ3n) is 0.223. The molecule has 0 heterocycles. The first kappa shape index (κ1) is 5.98. The van der Waals surface area contributed by atoms with Gasteiger partial charge in [-0.15, -0.1) is 11.6 Å². The van der Waals surface area contributed by atoms with E-state index < -0.39 is 5.97 Å². The van der Waals surface area contributed by atoms with Gasteiger partial charge in [-0.05, 0) is 0 Å². The Morgan fingerprint density at radius 2 is 2.50 bits per heavy atom. The van der Waals surface area contributed by atoms with E-state index in [1.165, 1.54) is 0 Å². The van der Waals surface area contributed by atoms with Crippen molar-refractivity contribution >= 4 is 28.1 Å². The Bertz CT molecular complexity index is 49.5. The zero-order valence-corrected chi connectivity index (χ0v) is 4.66. The smallest absolute Gasteiger partial charge is 0.345 e. The number of rotatable bonds is 1. The Labute approximate surface area is 44.0 Å². The average Bonchev–Trinajstić information content (AvgIpc) is 1.65. The van der Waals surface area contributed by atoms with Crippen molar-refractivity contribution in [2.45, 2.75) is 0 Å². The van der Waals surface area contributed by atoms with E-state index in [4.69, 9.17) is 11.6 Å². The van der Waals surface area contributed by atoms with Crippen molar-refractivity contribution in [2.24, 2.45) is 0 Å². The van der Waals surface area contributed by atoms with E-state index in [0.29, 0.717) is 0 Å². The number of hydrogen-bond donors (Lipinski definition) is 0. The largest absolute Gasteiger partial charge is 0.515 e. The first-order valence-electron chi connectivity index (χ1n) is 1.23. The molecule has 0 aliphatic heterocycles. The summed E-state index contributed by atoms with van der Waals surface area (Å²) >= 11 is 4.95. The minimum atomic E-state index is -0.478. The molecule has 0 aliphatic rings. The lowest BCUT2D eigenvalue weighted by Gasteiger charge is -1.85. The lowest BCUT2D eigenvalue weighted by atomic mass is 10.8. The molecule has 2 nitrogen and oxygen atoms in total. The van der Waals surface area contributed by atoms with Gasteiger partial charge in [0, 0.05) is 0 Å². The van der Waals surface area contributed by atoms with Crippen molar-refractivity contribution in [3.63, 3.8) is 0 Å². The lowest BCUT2D eigenvalue weighted by molar-refractivity contribution is -0.131. The van der Waals surface area contributed by atoms with Crippen LogP contribution in [-0.2, 0) is 9.22 Å². The molecule has 0 bridgehead atoms. The number of alkyl halides is 1. The van der Waals surface area contributed by atoms with Crippen LogP contribution in [0.1, 0.15) is 0 Å². The summed E-state index contributed by atoms with van der Waals surface area (Å²) in [6.07, 6.45) is 0. The van der Waals surface area contributed by atoms with E-state index in [0.717, 1.165) is 0 Å². The van der Waals surface area contributed by atoms with Crippen molar-refractivity contribution in [2.75, 3.05) is 5.88 Å². The molecule has 0 N–H and O–H groups in total. The SMILES string of the molecule is O=C(CCl)O[Si]. The molecule has 0 saturated heterocycles. The minimum Gasteiger partial charge on any atom is -0.515 e. The number of hydrogen-bond acceptors (Lipinski definition) is 2.